The zero-order valence-electron chi connectivity index (χ0n) is 14.5. The van der Waals surface area contributed by atoms with Crippen molar-refractivity contribution in [2.45, 2.75) is 24.8 Å². The van der Waals surface area contributed by atoms with E-state index in [0.717, 1.165) is 5.56 Å². The lowest BCUT2D eigenvalue weighted by Crippen LogP contribution is -2.39. The van der Waals surface area contributed by atoms with E-state index in [-0.39, 0.29) is 24.3 Å². The van der Waals surface area contributed by atoms with Gasteiger partial charge in [0.1, 0.15) is 5.82 Å². The summed E-state index contributed by atoms with van der Waals surface area (Å²) in [6, 6.07) is 11.4. The lowest BCUT2D eigenvalue weighted by Gasteiger charge is -2.24. The molecule has 0 aromatic heterocycles. The van der Waals surface area contributed by atoms with Crippen LogP contribution >= 0.6 is 0 Å². The number of amides is 2. The first kappa shape index (κ1) is 17.3. The Hall–Kier alpha value is -3.09. The van der Waals surface area contributed by atoms with Crippen LogP contribution in [0.3, 0.4) is 0 Å². The Morgan fingerprint density at radius 2 is 1.63 bits per heavy atom. The van der Waals surface area contributed by atoms with Crippen LogP contribution < -0.4 is 4.90 Å². The largest absolute Gasteiger partial charge is 0.465 e. The van der Waals surface area contributed by atoms with E-state index in [1.807, 2.05) is 0 Å². The number of fused-ring (bicyclic) bond motifs is 3. The summed E-state index contributed by atoms with van der Waals surface area (Å²) in [5.74, 6) is -0.534. The third-order valence-corrected chi connectivity index (χ3v) is 5.55. The Morgan fingerprint density at radius 1 is 0.926 bits per heavy atom. The van der Waals surface area contributed by atoms with E-state index in [0.29, 0.717) is 36.2 Å². The van der Waals surface area contributed by atoms with Crippen LogP contribution in [0, 0.1) is 5.82 Å². The first-order valence-electron chi connectivity index (χ1n) is 8.87. The molecule has 6 nitrogen and oxygen atoms in total. The van der Waals surface area contributed by atoms with Gasteiger partial charge in [0.2, 0.25) is 0 Å². The summed E-state index contributed by atoms with van der Waals surface area (Å²) in [6.07, 6.45) is -1.16. The van der Waals surface area contributed by atoms with E-state index in [4.69, 9.17) is 0 Å². The van der Waals surface area contributed by atoms with Gasteiger partial charge in [0.25, 0.3) is 0 Å². The molecule has 4 rings (SSSR count). The highest BCUT2D eigenvalue weighted by molar-refractivity contribution is 5.93. The smallest absolute Gasteiger partial charge is 0.412 e. The van der Waals surface area contributed by atoms with Gasteiger partial charge in [-0.15, -0.1) is 0 Å². The molecule has 0 radical (unpaired) electrons. The van der Waals surface area contributed by atoms with Crippen molar-refractivity contribution in [3.8, 4) is 11.1 Å². The molecule has 2 aliphatic heterocycles. The number of anilines is 1. The van der Waals surface area contributed by atoms with Crippen molar-refractivity contribution < 1.29 is 24.2 Å². The first-order valence-corrected chi connectivity index (χ1v) is 8.87. The van der Waals surface area contributed by atoms with Crippen LogP contribution in [0.15, 0.2) is 42.5 Å². The predicted octanol–water partition coefficient (Wildman–Crippen LogP) is 4.22. The van der Waals surface area contributed by atoms with Gasteiger partial charge in [-0.05, 0) is 36.1 Å². The number of rotatable bonds is 1. The second-order valence-electron chi connectivity index (χ2n) is 6.89. The molecule has 0 saturated carbocycles. The summed E-state index contributed by atoms with van der Waals surface area (Å²) in [7, 11) is 0. The number of hydrogen-bond acceptors (Lipinski definition) is 2. The molecule has 7 heteroatoms. The average molecular weight is 370 g/mol. The van der Waals surface area contributed by atoms with Crippen molar-refractivity contribution in [2.75, 3.05) is 18.0 Å². The number of carboxylic acid groups (broad SMARTS) is 2. The number of likely N-dealkylation sites (tertiary alicyclic amines) is 1. The van der Waals surface area contributed by atoms with Gasteiger partial charge in [0.15, 0.2) is 0 Å². The fourth-order valence-corrected chi connectivity index (χ4v) is 4.42. The van der Waals surface area contributed by atoms with Gasteiger partial charge in [-0.25, -0.2) is 14.0 Å². The Bertz CT molecular complexity index is 917. The average Bonchev–Trinajstić information content (AvgIpc) is 2.80. The number of carbonyl (C=O) groups is 2. The topological polar surface area (TPSA) is 81.1 Å². The molecule has 2 heterocycles. The van der Waals surface area contributed by atoms with E-state index in [9.17, 15) is 24.2 Å². The summed E-state index contributed by atoms with van der Waals surface area (Å²) in [4.78, 5) is 26.0. The summed E-state index contributed by atoms with van der Waals surface area (Å²) in [5.41, 5.74) is 2.47. The molecule has 1 saturated heterocycles. The maximum atomic E-state index is 14.5. The van der Waals surface area contributed by atoms with Crippen molar-refractivity contribution in [1.29, 1.82) is 0 Å². The maximum absolute atomic E-state index is 14.5. The van der Waals surface area contributed by atoms with Crippen LogP contribution in [0.5, 0.6) is 0 Å². The number of hydrogen-bond donors (Lipinski definition) is 2. The maximum Gasteiger partial charge on any atom is 0.412 e. The molecule has 2 aromatic rings. The van der Waals surface area contributed by atoms with Gasteiger partial charge >= 0.3 is 12.2 Å². The molecular formula is C20H19FN2O4. The highest BCUT2D eigenvalue weighted by atomic mass is 19.1. The van der Waals surface area contributed by atoms with Crippen LogP contribution in [0.25, 0.3) is 11.1 Å². The molecule has 2 N–H and O–H groups in total. The third kappa shape index (κ3) is 2.79. The zero-order chi connectivity index (χ0) is 19.1. The predicted molar refractivity (Wildman–Crippen MR) is 97.7 cm³/mol. The van der Waals surface area contributed by atoms with E-state index in [1.165, 1.54) is 15.9 Å². The second kappa shape index (κ2) is 6.57. The Kier molecular flexibility index (Phi) is 4.22. The minimum Gasteiger partial charge on any atom is -0.465 e. The van der Waals surface area contributed by atoms with Gasteiger partial charge < -0.3 is 15.1 Å². The van der Waals surface area contributed by atoms with Crippen LogP contribution in [-0.2, 0) is 0 Å². The minimum atomic E-state index is -1.07. The van der Waals surface area contributed by atoms with Gasteiger partial charge in [-0.1, -0.05) is 30.3 Å². The highest BCUT2D eigenvalue weighted by Crippen LogP contribution is 2.49. The first-order chi connectivity index (χ1) is 13.0. The van der Waals surface area contributed by atoms with Crippen molar-refractivity contribution in [3.05, 3.63) is 53.8 Å². The Morgan fingerprint density at radius 3 is 2.33 bits per heavy atom. The highest BCUT2D eigenvalue weighted by Gasteiger charge is 2.44. The van der Waals surface area contributed by atoms with Crippen LogP contribution in [-0.4, -0.2) is 46.4 Å². The molecule has 0 bridgehead atoms. The van der Waals surface area contributed by atoms with Gasteiger partial charge in [-0.3, -0.25) is 4.90 Å². The van der Waals surface area contributed by atoms with Crippen molar-refractivity contribution >= 4 is 17.9 Å². The van der Waals surface area contributed by atoms with Crippen molar-refractivity contribution in [3.63, 3.8) is 0 Å². The van der Waals surface area contributed by atoms with E-state index in [2.05, 4.69) is 0 Å². The van der Waals surface area contributed by atoms with E-state index < -0.39 is 12.2 Å². The number of nitrogens with zero attached hydrogens (tertiary/aromatic N) is 2. The fourth-order valence-electron chi connectivity index (χ4n) is 4.42. The summed E-state index contributed by atoms with van der Waals surface area (Å²) >= 11 is 0. The Balaban J connectivity index is 1.86. The van der Waals surface area contributed by atoms with E-state index >= 15 is 0 Å². The Labute approximate surface area is 155 Å². The molecule has 2 unspecified atom stereocenters. The SMILES string of the molecule is O=C(O)N1CCC2c3c(-c4ccccc4F)cccc3N(C(=O)O)C2CC1. The molecule has 0 aliphatic carbocycles. The van der Waals surface area contributed by atoms with E-state index in [1.54, 1.807) is 36.4 Å². The van der Waals surface area contributed by atoms with Crippen molar-refractivity contribution in [1.82, 2.24) is 4.90 Å². The lowest BCUT2D eigenvalue weighted by atomic mass is 9.86. The number of halogens is 1. The molecule has 1 fully saturated rings. The molecule has 140 valence electrons. The van der Waals surface area contributed by atoms with Gasteiger partial charge in [0, 0.05) is 30.6 Å². The lowest BCUT2D eigenvalue weighted by molar-refractivity contribution is 0.146. The third-order valence-electron chi connectivity index (χ3n) is 5.55. The number of benzene rings is 2. The molecule has 2 aliphatic rings. The minimum absolute atomic E-state index is 0.170. The normalized spacial score (nSPS) is 21.4. The van der Waals surface area contributed by atoms with Gasteiger partial charge in [0.05, 0.1) is 5.69 Å². The molecule has 2 aromatic carbocycles. The molecule has 27 heavy (non-hydrogen) atoms. The molecular weight excluding hydrogens is 351 g/mol. The van der Waals surface area contributed by atoms with Crippen LogP contribution in [0.1, 0.15) is 24.3 Å². The molecule has 0 spiro atoms. The summed E-state index contributed by atoms with van der Waals surface area (Å²) in [5, 5.41) is 19.1. The van der Waals surface area contributed by atoms with Gasteiger partial charge in [-0.2, -0.15) is 0 Å². The second-order valence-corrected chi connectivity index (χ2v) is 6.89. The zero-order valence-corrected chi connectivity index (χ0v) is 14.5. The van der Waals surface area contributed by atoms with Crippen molar-refractivity contribution in [2.24, 2.45) is 0 Å². The molecule has 2 amide bonds. The molecule has 2 atom stereocenters. The monoisotopic (exact) mass is 370 g/mol. The summed E-state index contributed by atoms with van der Waals surface area (Å²) in [6.45, 7) is 0.609. The quantitative estimate of drug-likeness (QED) is 0.788. The standard InChI is InChI=1S/C20H19FN2O4/c21-15-6-2-1-4-12(15)13-5-3-7-17-18(13)14-8-10-22(19(24)25)11-9-16(14)23(17)20(26)27/h1-7,14,16H,8-11H2,(H,24,25)(H,26,27). The summed E-state index contributed by atoms with van der Waals surface area (Å²) < 4.78 is 14.5. The fraction of sp³-hybridized carbons (Fsp3) is 0.300. The van der Waals surface area contributed by atoms with Crippen LogP contribution in [0.2, 0.25) is 0 Å². The van der Waals surface area contributed by atoms with Crippen LogP contribution in [0.4, 0.5) is 19.7 Å².